The van der Waals surface area contributed by atoms with E-state index in [0.717, 1.165) is 4.31 Å². The van der Waals surface area contributed by atoms with E-state index in [1.807, 2.05) is 0 Å². The SMILES string of the molecule is CCC(CC)(N(c1c(OC)ccc2ccccc12)S(=O)(=O)c1cc(Cl)cc(Cl)c1)P(=O)(O)O. The van der Waals surface area contributed by atoms with Crippen molar-refractivity contribution in [2.45, 2.75) is 36.9 Å². The zero-order valence-electron chi connectivity index (χ0n) is 18.2. The Hall–Kier alpha value is -1.80. The van der Waals surface area contributed by atoms with Gasteiger partial charge in [-0.3, -0.25) is 4.57 Å². The van der Waals surface area contributed by atoms with Crippen molar-refractivity contribution in [1.29, 1.82) is 0 Å². The predicted molar refractivity (Wildman–Crippen MR) is 132 cm³/mol. The van der Waals surface area contributed by atoms with Crippen LogP contribution in [0.15, 0.2) is 59.5 Å². The first-order valence-corrected chi connectivity index (χ1v) is 13.9. The number of sulfonamides is 1. The van der Waals surface area contributed by atoms with Crippen molar-refractivity contribution < 1.29 is 27.5 Å². The van der Waals surface area contributed by atoms with E-state index in [4.69, 9.17) is 27.9 Å². The summed E-state index contributed by atoms with van der Waals surface area (Å²) >= 11 is 12.2. The number of hydrogen-bond acceptors (Lipinski definition) is 4. The third kappa shape index (κ3) is 4.48. The minimum atomic E-state index is -5.05. The van der Waals surface area contributed by atoms with E-state index < -0.39 is 22.9 Å². The summed E-state index contributed by atoms with van der Waals surface area (Å²) < 4.78 is 47.6. The Morgan fingerprint density at radius 1 is 1.00 bits per heavy atom. The minimum absolute atomic E-state index is 0.0266. The van der Waals surface area contributed by atoms with E-state index in [-0.39, 0.29) is 39.2 Å². The maximum Gasteiger partial charge on any atom is 0.351 e. The molecule has 0 spiro atoms. The molecule has 0 aliphatic heterocycles. The molecule has 178 valence electrons. The number of fused-ring (bicyclic) bond motifs is 1. The molecule has 3 aromatic carbocycles. The molecule has 11 heteroatoms. The van der Waals surface area contributed by atoms with Gasteiger partial charge in [0.25, 0.3) is 10.0 Å². The molecule has 0 atom stereocenters. The van der Waals surface area contributed by atoms with Crippen molar-refractivity contribution in [2.75, 3.05) is 11.4 Å². The molecule has 2 N–H and O–H groups in total. The van der Waals surface area contributed by atoms with E-state index >= 15 is 0 Å². The van der Waals surface area contributed by atoms with Crippen LogP contribution in [0, 0.1) is 0 Å². The van der Waals surface area contributed by atoms with E-state index in [1.165, 1.54) is 39.2 Å². The Bertz CT molecular complexity index is 1320. The van der Waals surface area contributed by atoms with Crippen LogP contribution >= 0.6 is 30.8 Å². The largest absolute Gasteiger partial charge is 0.495 e. The highest BCUT2D eigenvalue weighted by atomic mass is 35.5. The van der Waals surface area contributed by atoms with Gasteiger partial charge in [-0.15, -0.1) is 0 Å². The van der Waals surface area contributed by atoms with Crippen LogP contribution in [0.2, 0.25) is 10.0 Å². The highest BCUT2D eigenvalue weighted by Gasteiger charge is 2.55. The average Bonchev–Trinajstić information content (AvgIpc) is 2.75. The van der Waals surface area contributed by atoms with Gasteiger partial charge in [-0.05, 0) is 42.5 Å². The Morgan fingerprint density at radius 2 is 1.58 bits per heavy atom. The maximum atomic E-state index is 14.2. The molecule has 33 heavy (non-hydrogen) atoms. The summed E-state index contributed by atoms with van der Waals surface area (Å²) in [5, 5.41) is -0.836. The Kier molecular flexibility index (Phi) is 7.39. The summed E-state index contributed by atoms with van der Waals surface area (Å²) in [5.74, 6) is 0.144. The summed E-state index contributed by atoms with van der Waals surface area (Å²) in [6.07, 6.45) is -0.346. The van der Waals surface area contributed by atoms with Crippen molar-refractivity contribution in [2.24, 2.45) is 0 Å². The normalized spacial score (nSPS) is 12.7. The second kappa shape index (κ2) is 9.45. The van der Waals surface area contributed by atoms with E-state index in [2.05, 4.69) is 0 Å². The first kappa shape index (κ1) is 25.8. The fraction of sp³-hybridized carbons (Fsp3) is 0.273. The Balaban J connectivity index is 2.55. The standard InChI is InChI=1S/C22H24Cl2NO6PS/c1-4-22(5-2,32(26,27)28)25(33(29,30)18-13-16(23)12-17(24)14-18)21-19-9-7-6-8-15(19)10-11-20(21)31-3/h6-14H,4-5H2,1-3H3,(H2,26,27,28). The highest BCUT2D eigenvalue weighted by Crippen LogP contribution is 2.60. The quantitative estimate of drug-likeness (QED) is 0.343. The molecule has 0 saturated heterocycles. The van der Waals surface area contributed by atoms with Crippen molar-refractivity contribution in [1.82, 2.24) is 0 Å². The number of benzene rings is 3. The fourth-order valence-corrected chi connectivity index (χ4v) is 8.37. The number of nitrogens with zero attached hydrogens (tertiary/aromatic N) is 1. The molecular weight excluding hydrogens is 508 g/mol. The lowest BCUT2D eigenvalue weighted by Crippen LogP contribution is -2.51. The minimum Gasteiger partial charge on any atom is -0.495 e. The smallest absolute Gasteiger partial charge is 0.351 e. The van der Waals surface area contributed by atoms with Crippen LogP contribution in [0.3, 0.4) is 0 Å². The molecule has 0 saturated carbocycles. The van der Waals surface area contributed by atoms with Crippen molar-refractivity contribution in [3.05, 3.63) is 64.6 Å². The molecule has 0 aliphatic carbocycles. The predicted octanol–water partition coefficient (Wildman–Crippen LogP) is 6.04. The second-order valence-corrected chi connectivity index (χ2v) is 12.0. The van der Waals surface area contributed by atoms with Gasteiger partial charge in [0.05, 0.1) is 12.0 Å². The van der Waals surface area contributed by atoms with Crippen molar-refractivity contribution >= 4 is 57.3 Å². The van der Waals surface area contributed by atoms with E-state index in [9.17, 15) is 22.8 Å². The molecule has 0 fully saturated rings. The first-order valence-electron chi connectivity index (χ1n) is 10.1. The molecule has 0 bridgehead atoms. The molecule has 0 radical (unpaired) electrons. The number of anilines is 1. The number of methoxy groups -OCH3 is 1. The molecule has 0 amide bonds. The summed E-state index contributed by atoms with van der Waals surface area (Å²) in [7, 11) is -8.28. The molecule has 7 nitrogen and oxygen atoms in total. The molecule has 3 rings (SSSR count). The summed E-state index contributed by atoms with van der Waals surface area (Å²) in [6.45, 7) is 3.07. The van der Waals surface area contributed by atoms with Gasteiger partial charge in [-0.1, -0.05) is 67.4 Å². The average molecular weight is 532 g/mol. The lowest BCUT2D eigenvalue weighted by molar-refractivity contribution is 0.316. The van der Waals surface area contributed by atoms with Crippen LogP contribution in [-0.4, -0.2) is 30.6 Å². The number of hydrogen-bond donors (Lipinski definition) is 2. The molecule has 0 heterocycles. The van der Waals surface area contributed by atoms with Gasteiger partial charge in [0.2, 0.25) is 0 Å². The van der Waals surface area contributed by atoms with Crippen molar-refractivity contribution in [3.63, 3.8) is 0 Å². The molecule has 0 unspecified atom stereocenters. The van der Waals surface area contributed by atoms with Crippen LogP contribution in [0.5, 0.6) is 5.75 Å². The molecular formula is C22H24Cl2NO6PS. The van der Waals surface area contributed by atoms with Gasteiger partial charge in [-0.25, -0.2) is 12.7 Å². The lowest BCUT2D eigenvalue weighted by atomic mass is 10.1. The number of rotatable bonds is 8. The van der Waals surface area contributed by atoms with Crippen LogP contribution in [0.4, 0.5) is 5.69 Å². The van der Waals surface area contributed by atoms with Crippen molar-refractivity contribution in [3.8, 4) is 5.75 Å². The molecule has 0 aliphatic rings. The fourth-order valence-electron chi connectivity index (χ4n) is 4.01. The van der Waals surface area contributed by atoms with Gasteiger partial charge in [-0.2, -0.15) is 0 Å². The third-order valence-corrected chi connectivity index (χ3v) is 10.0. The lowest BCUT2D eigenvalue weighted by Gasteiger charge is -2.44. The van der Waals surface area contributed by atoms with Crippen LogP contribution in [0.1, 0.15) is 26.7 Å². The highest BCUT2D eigenvalue weighted by molar-refractivity contribution is 7.93. The molecule has 0 aromatic heterocycles. The summed E-state index contributed by atoms with van der Waals surface area (Å²) in [4.78, 5) is 20.8. The summed E-state index contributed by atoms with van der Waals surface area (Å²) in [5.41, 5.74) is 0.0266. The van der Waals surface area contributed by atoms with Gasteiger partial charge in [0.1, 0.15) is 11.4 Å². The van der Waals surface area contributed by atoms with Gasteiger partial charge >= 0.3 is 7.60 Å². The first-order chi connectivity index (χ1) is 15.4. The van der Waals surface area contributed by atoms with Crippen LogP contribution in [0.25, 0.3) is 10.8 Å². The maximum absolute atomic E-state index is 14.2. The Morgan fingerprint density at radius 3 is 2.09 bits per heavy atom. The third-order valence-electron chi connectivity index (χ3n) is 5.71. The summed E-state index contributed by atoms with van der Waals surface area (Å²) in [6, 6.07) is 14.0. The zero-order chi connectivity index (χ0) is 24.6. The number of halogens is 2. The zero-order valence-corrected chi connectivity index (χ0v) is 21.4. The van der Waals surface area contributed by atoms with Gasteiger partial charge < -0.3 is 14.5 Å². The van der Waals surface area contributed by atoms with Gasteiger partial charge in [0, 0.05) is 15.4 Å². The number of ether oxygens (including phenoxy) is 1. The van der Waals surface area contributed by atoms with E-state index in [0.29, 0.717) is 10.8 Å². The van der Waals surface area contributed by atoms with Gasteiger partial charge in [0.15, 0.2) is 5.28 Å². The van der Waals surface area contributed by atoms with Crippen LogP contribution < -0.4 is 9.04 Å². The topological polar surface area (TPSA) is 104 Å². The second-order valence-electron chi connectivity index (χ2n) is 7.45. The molecule has 3 aromatic rings. The monoisotopic (exact) mass is 531 g/mol. The van der Waals surface area contributed by atoms with E-state index in [1.54, 1.807) is 36.4 Å². The van der Waals surface area contributed by atoms with Crippen LogP contribution in [-0.2, 0) is 14.6 Å². The Labute approximate surface area is 203 Å².